The molecule has 102 heavy (non-hydrogen) atoms. The molecule has 0 radical (unpaired) electrons. The van der Waals surface area contributed by atoms with Gasteiger partial charge in [0.15, 0.2) is 0 Å². The Morgan fingerprint density at radius 2 is 0.784 bits per heavy atom. The molecule has 478 valence electrons. The highest BCUT2D eigenvalue weighted by atomic mass is 32.2. The van der Waals surface area contributed by atoms with Crippen molar-refractivity contribution in [2.45, 2.75) is 62.2 Å². The number of aromatic nitrogens is 2. The fraction of sp³-hybridized carbons (Fsp3) is 0.0930. The molecule has 0 amide bonds. The number of hydrogen-bond donors (Lipinski definition) is 0. The lowest BCUT2D eigenvalue weighted by Gasteiger charge is -2.41. The lowest BCUT2D eigenvalue weighted by Crippen LogP contribution is -2.59. The largest absolute Gasteiger partial charge is 0.458 e. The fourth-order valence-corrected chi connectivity index (χ4v) is 18.9. The normalized spacial score (nSPS) is 13.4. The van der Waals surface area contributed by atoms with Gasteiger partial charge in [-0.1, -0.05) is 213 Å². The minimum absolute atomic E-state index is 0.0233. The van der Waals surface area contributed by atoms with E-state index < -0.39 is 0 Å². The van der Waals surface area contributed by atoms with E-state index in [9.17, 15) is 0 Å². The van der Waals surface area contributed by atoms with Crippen molar-refractivity contribution >= 4 is 225 Å². The number of hydrogen-bond acceptors (Lipinski definition) is 4. The average molecular weight is 1320 g/mol. The minimum atomic E-state index is -0.145. The Labute approximate surface area is 609 Å². The molecule has 0 saturated carbocycles. The standard InChI is InChI=1S/C86H71B10N3O2S/c1-85(2,3)50-25-31-61-55(40-50)56-41-51(86(4,5)6)26-32-62(56)97(61)53-28-30-60-69(43-53)102-70-39-48(49-37-67-82-68(38-49)101-66-24-16-14-22-59(66)96(82)58-21-13-15-23-65(58)100-67)36-64-81(70)95(60)57-29-27-52(99-83-71(73(87)75(89)77(91)79(83)93)72-74(88)76(90)78(92)80(94)84(72)99)42-63(57)98(64)54-34-46(44-17-9-7-10-18-44)33-47(35-54)45-19-11-8-12-20-45/h7-43H,87-94H2,1-6H3. The van der Waals surface area contributed by atoms with Crippen LogP contribution in [0.3, 0.4) is 0 Å². The molecule has 0 N–H and O–H groups in total. The Balaban J connectivity index is 0.914. The van der Waals surface area contributed by atoms with Crippen molar-refractivity contribution in [2.24, 2.45) is 0 Å². The van der Waals surface area contributed by atoms with Crippen molar-refractivity contribution < 1.29 is 9.47 Å². The van der Waals surface area contributed by atoms with Gasteiger partial charge in [-0.25, -0.2) is 0 Å². The van der Waals surface area contributed by atoms with Gasteiger partial charge in [0.1, 0.15) is 85.8 Å². The van der Waals surface area contributed by atoms with Gasteiger partial charge in [0, 0.05) is 65.5 Å². The van der Waals surface area contributed by atoms with Crippen LogP contribution in [-0.4, -0.2) is 85.3 Å². The Hall–Kier alpha value is -10.1. The first-order valence-corrected chi connectivity index (χ1v) is 37.0. The second-order valence-corrected chi connectivity index (χ2v) is 32.5. The summed E-state index contributed by atoms with van der Waals surface area (Å²) in [6.45, 7) is 13.8. The Kier molecular flexibility index (Phi) is 14.0. The van der Waals surface area contributed by atoms with E-state index in [1.165, 1.54) is 125 Å². The van der Waals surface area contributed by atoms with E-state index in [1.54, 1.807) is 0 Å². The van der Waals surface area contributed by atoms with Crippen LogP contribution in [0.15, 0.2) is 234 Å². The first kappa shape index (κ1) is 62.8. The van der Waals surface area contributed by atoms with Gasteiger partial charge in [0.25, 0.3) is 6.71 Å². The van der Waals surface area contributed by atoms with Gasteiger partial charge in [-0.05, 0) is 191 Å². The predicted molar refractivity (Wildman–Crippen MR) is 462 cm³/mol. The molecule has 16 heteroatoms. The monoisotopic (exact) mass is 1320 g/mol. The van der Waals surface area contributed by atoms with Gasteiger partial charge in [-0.3, -0.25) is 0 Å². The summed E-state index contributed by atoms with van der Waals surface area (Å²) in [5.41, 5.74) is 37.8. The summed E-state index contributed by atoms with van der Waals surface area (Å²) >= 11 is 1.90. The van der Waals surface area contributed by atoms with E-state index >= 15 is 0 Å². The zero-order chi connectivity index (χ0) is 69.8. The summed E-state index contributed by atoms with van der Waals surface area (Å²) in [6.07, 6.45) is 0. The number of rotatable bonds is 6. The van der Waals surface area contributed by atoms with Crippen LogP contribution < -0.4 is 90.9 Å². The summed E-state index contributed by atoms with van der Waals surface area (Å²) in [5.74, 6) is 3.37. The number of ether oxygens (including phenoxy) is 2. The van der Waals surface area contributed by atoms with Crippen LogP contribution in [-0.2, 0) is 10.8 Å². The molecule has 0 unspecified atom stereocenters. The smallest absolute Gasteiger partial charge is 0.260 e. The van der Waals surface area contributed by atoms with Gasteiger partial charge in [0.05, 0.1) is 11.0 Å². The van der Waals surface area contributed by atoms with Crippen LogP contribution in [0, 0.1) is 0 Å². The summed E-state index contributed by atoms with van der Waals surface area (Å²) in [5, 5.41) is 5.26. The van der Waals surface area contributed by atoms with Gasteiger partial charge in [0.2, 0.25) is 6.71 Å². The first-order valence-electron chi connectivity index (χ1n) is 36.2. The summed E-state index contributed by atoms with van der Waals surface area (Å²) in [7, 11) is 18.7. The molecule has 0 atom stereocenters. The van der Waals surface area contributed by atoms with Crippen molar-refractivity contribution in [1.82, 2.24) is 9.13 Å². The molecule has 0 bridgehead atoms. The van der Waals surface area contributed by atoms with Crippen LogP contribution in [0.1, 0.15) is 52.7 Å². The third-order valence-electron chi connectivity index (χ3n) is 23.8. The van der Waals surface area contributed by atoms with Crippen molar-refractivity contribution in [3.8, 4) is 67.8 Å². The molecule has 4 aliphatic rings. The Morgan fingerprint density at radius 3 is 1.31 bits per heavy atom. The van der Waals surface area contributed by atoms with Crippen molar-refractivity contribution in [1.29, 1.82) is 0 Å². The third kappa shape index (κ3) is 9.32. The van der Waals surface area contributed by atoms with E-state index in [0.717, 1.165) is 101 Å². The predicted octanol–water partition coefficient (Wildman–Crippen LogP) is 5.04. The van der Waals surface area contributed by atoms with E-state index in [4.69, 9.17) is 9.47 Å². The van der Waals surface area contributed by atoms with E-state index in [2.05, 4.69) is 343 Å². The molecule has 19 rings (SSSR count). The molecule has 2 aromatic heterocycles. The number of para-hydroxylation sites is 2. The highest BCUT2D eigenvalue weighted by Crippen LogP contribution is 2.49. The quantitative estimate of drug-likeness (QED) is 0.219. The zero-order valence-corrected chi connectivity index (χ0v) is 61.4. The molecule has 13 aromatic carbocycles. The molecule has 0 spiro atoms. The van der Waals surface area contributed by atoms with Crippen LogP contribution in [0.2, 0.25) is 0 Å². The molecule has 15 aromatic rings. The number of anilines is 3. The molecular weight excluding hydrogens is 1250 g/mol. The summed E-state index contributed by atoms with van der Waals surface area (Å²) in [6, 6.07) is 85.0. The van der Waals surface area contributed by atoms with Crippen LogP contribution in [0.4, 0.5) is 17.1 Å². The molecule has 4 aliphatic heterocycles. The van der Waals surface area contributed by atoms with Crippen LogP contribution >= 0.6 is 11.8 Å². The fourth-order valence-electron chi connectivity index (χ4n) is 17.7. The highest BCUT2D eigenvalue weighted by Gasteiger charge is 2.44. The number of nitrogens with zero attached hydrogens (tertiary/aromatic N) is 3. The van der Waals surface area contributed by atoms with E-state index in [1.807, 2.05) is 11.8 Å². The Bertz CT molecular complexity index is 5940. The van der Waals surface area contributed by atoms with Crippen molar-refractivity contribution in [2.75, 3.05) is 4.90 Å². The molecular formula is C86H71B10N3O2S. The lowest BCUT2D eigenvalue weighted by molar-refractivity contribution is 0.465. The maximum Gasteiger partial charge on any atom is 0.260 e. The summed E-state index contributed by atoms with van der Waals surface area (Å²) in [4.78, 5) is 5.09. The van der Waals surface area contributed by atoms with Crippen LogP contribution in [0.5, 0.6) is 23.0 Å². The van der Waals surface area contributed by atoms with Gasteiger partial charge in [-0.2, -0.15) is 0 Å². The second kappa shape index (κ2) is 22.7. The molecule has 6 heterocycles. The number of fused-ring (bicyclic) bond motifs is 14. The Morgan fingerprint density at radius 1 is 0.324 bits per heavy atom. The lowest BCUT2D eigenvalue weighted by atomic mass is 9.34. The highest BCUT2D eigenvalue weighted by molar-refractivity contribution is 8.00. The van der Waals surface area contributed by atoms with Crippen molar-refractivity contribution in [3.05, 3.63) is 236 Å². The molecule has 0 saturated heterocycles. The molecule has 0 fully saturated rings. The molecule has 0 aliphatic carbocycles. The average Bonchev–Trinajstić information content (AvgIpc) is 1.27. The van der Waals surface area contributed by atoms with Gasteiger partial charge in [-0.15, -0.1) is 10.9 Å². The van der Waals surface area contributed by atoms with E-state index in [-0.39, 0.29) is 24.3 Å². The van der Waals surface area contributed by atoms with Crippen LogP contribution in [0.25, 0.3) is 88.4 Å². The minimum Gasteiger partial charge on any atom is -0.458 e. The van der Waals surface area contributed by atoms with Gasteiger partial charge < -0.3 is 23.5 Å². The van der Waals surface area contributed by atoms with Crippen molar-refractivity contribution in [3.63, 3.8) is 0 Å². The topological polar surface area (TPSA) is 31.6 Å². The van der Waals surface area contributed by atoms with Gasteiger partial charge >= 0.3 is 0 Å². The van der Waals surface area contributed by atoms with E-state index in [0.29, 0.717) is 0 Å². The maximum absolute atomic E-state index is 7.12. The zero-order valence-electron chi connectivity index (χ0n) is 60.6. The molecule has 5 nitrogen and oxygen atoms in total. The summed E-state index contributed by atoms with van der Waals surface area (Å²) < 4.78 is 19.4. The SMILES string of the molecule is Bc1c(B)c(B)c2c(c1B)c1c(B)c(B)c(B)c(B)c1n2-c1ccc2c(c1)N(c1cc(-c3ccccc3)cc(-c3ccccc3)c1)c1cc(-c3cc4c5c(c3)Oc3ccccc3B5c3ccccc3O4)cc3c1B2c1ccc(-n2c4ccc(C(C)(C)C)cc4c4cc(C(C)(C)C)ccc42)cc1S3. The maximum atomic E-state index is 7.12. The number of benzene rings is 13. The first-order chi connectivity index (χ1) is 49.2. The second-order valence-electron chi connectivity index (χ2n) is 31.4. The third-order valence-corrected chi connectivity index (χ3v) is 24.9.